The molecule has 53 heavy (non-hydrogen) atoms. The van der Waals surface area contributed by atoms with Crippen molar-refractivity contribution in [2.24, 2.45) is 0 Å². The second kappa shape index (κ2) is 18.4. The summed E-state index contributed by atoms with van der Waals surface area (Å²) in [4.78, 5) is 20.9. The van der Waals surface area contributed by atoms with Crippen LogP contribution < -0.4 is 4.90 Å². The smallest absolute Gasteiger partial charge is 0.165 e. The van der Waals surface area contributed by atoms with E-state index in [0.29, 0.717) is 59.2 Å². The molecule has 1 saturated carbocycles. The number of fused-ring (bicyclic) bond motifs is 1. The highest BCUT2D eigenvalue weighted by Gasteiger charge is 2.43. The molecule has 11 nitrogen and oxygen atoms in total. The summed E-state index contributed by atoms with van der Waals surface area (Å²) in [6.07, 6.45) is 9.11. The lowest BCUT2D eigenvalue weighted by molar-refractivity contribution is -0.152. The molecule has 0 unspecified atom stereocenters. The number of ketones is 1. The number of aromatic nitrogens is 5. The minimum absolute atomic E-state index is 0.131. The maximum Gasteiger partial charge on any atom is 0.165 e. The van der Waals surface area contributed by atoms with Crippen LogP contribution in [0.2, 0.25) is 51.4 Å². The van der Waals surface area contributed by atoms with Crippen molar-refractivity contribution in [1.29, 1.82) is 0 Å². The predicted octanol–water partition coefficient (Wildman–Crippen LogP) is 8.66. The summed E-state index contributed by atoms with van der Waals surface area (Å²) in [7, 11) is -0.913. The molecule has 4 aromatic rings. The topological polar surface area (TPSA) is 105 Å². The molecule has 1 aliphatic rings. The van der Waals surface area contributed by atoms with E-state index in [4.69, 9.17) is 34.1 Å². The first kappa shape index (κ1) is 41.7. The highest BCUT2D eigenvalue weighted by Crippen LogP contribution is 2.44. The van der Waals surface area contributed by atoms with E-state index in [1.807, 2.05) is 65.0 Å². The van der Waals surface area contributed by atoms with Gasteiger partial charge in [-0.15, -0.1) is 0 Å². The molecule has 0 bridgehead atoms. The van der Waals surface area contributed by atoms with Crippen molar-refractivity contribution in [3.8, 4) is 16.8 Å². The number of ether oxygens (including phenoxy) is 4. The van der Waals surface area contributed by atoms with Gasteiger partial charge < -0.3 is 23.8 Å². The Hall–Kier alpha value is -2.48. The predicted molar refractivity (Wildman–Crippen MR) is 226 cm³/mol. The minimum Gasteiger partial charge on any atom is -0.382 e. The summed E-state index contributed by atoms with van der Waals surface area (Å²) in [5.74, 6) is 1.20. The fourth-order valence-corrected chi connectivity index (χ4v) is 9.32. The Morgan fingerprint density at radius 2 is 1.57 bits per heavy atom. The second-order valence-corrected chi connectivity index (χ2v) is 28.9. The Morgan fingerprint density at radius 1 is 0.925 bits per heavy atom. The van der Waals surface area contributed by atoms with Gasteiger partial charge in [0.15, 0.2) is 17.2 Å². The number of para-hydroxylation sites is 1. The van der Waals surface area contributed by atoms with Gasteiger partial charge in [0.05, 0.1) is 40.6 Å². The molecular weight excluding hydrogens is 816 g/mol. The van der Waals surface area contributed by atoms with Crippen molar-refractivity contribution in [1.82, 2.24) is 24.4 Å². The first-order valence-corrected chi connectivity index (χ1v) is 27.5. The van der Waals surface area contributed by atoms with Gasteiger partial charge in [-0.25, -0.2) is 9.67 Å². The zero-order valence-electron chi connectivity index (χ0n) is 33.0. The third-order valence-electron chi connectivity index (χ3n) is 9.97. The van der Waals surface area contributed by atoms with E-state index in [0.717, 1.165) is 62.5 Å². The fraction of sp³-hybridized carbons (Fsp3) is 0.590. The highest BCUT2D eigenvalue weighted by atomic mass is 127. The average Bonchev–Trinajstić information content (AvgIpc) is 3.78. The Labute approximate surface area is 331 Å². The maximum atomic E-state index is 13.3. The number of carbonyl (C=O) groups excluding carboxylic acids is 1. The van der Waals surface area contributed by atoms with Crippen LogP contribution in [0.15, 0.2) is 48.9 Å². The first-order chi connectivity index (χ1) is 25.2. The largest absolute Gasteiger partial charge is 0.382 e. The SMILES string of the molecule is CCC(=O)C1(OCCOC)CCC(c2nc3c(-c4cnn(-c5ccccc5)c4)cnn3c(N(COCC[Si](C)(C)C)COCC[Si](C)(C)C)c2I)CC1. The van der Waals surface area contributed by atoms with E-state index in [1.165, 1.54) is 0 Å². The van der Waals surface area contributed by atoms with Gasteiger partial charge in [0.25, 0.3) is 0 Å². The van der Waals surface area contributed by atoms with Crippen LogP contribution in [0.1, 0.15) is 50.6 Å². The van der Waals surface area contributed by atoms with E-state index >= 15 is 0 Å². The number of hydrogen-bond acceptors (Lipinski definition) is 9. The molecule has 1 aromatic carbocycles. The van der Waals surface area contributed by atoms with Crippen molar-refractivity contribution in [2.45, 2.75) is 102 Å². The number of rotatable bonds is 20. The van der Waals surface area contributed by atoms with Gasteiger partial charge in [0, 0.05) is 66.1 Å². The molecule has 0 spiro atoms. The summed E-state index contributed by atoms with van der Waals surface area (Å²) in [6.45, 7) is 19.2. The number of nitrogens with zero attached hydrogens (tertiary/aromatic N) is 6. The molecule has 0 radical (unpaired) electrons. The van der Waals surface area contributed by atoms with E-state index < -0.39 is 21.7 Å². The van der Waals surface area contributed by atoms with Gasteiger partial charge in [-0.2, -0.15) is 14.7 Å². The quantitative estimate of drug-likeness (QED) is 0.0374. The third-order valence-corrected chi connectivity index (χ3v) is 14.4. The summed E-state index contributed by atoms with van der Waals surface area (Å²) < 4.78 is 29.3. The first-order valence-electron chi connectivity index (χ1n) is 19.0. The highest BCUT2D eigenvalue weighted by molar-refractivity contribution is 14.1. The van der Waals surface area contributed by atoms with Crippen molar-refractivity contribution >= 4 is 56.0 Å². The number of hydrogen-bond donors (Lipinski definition) is 0. The number of carbonyl (C=O) groups is 1. The van der Waals surface area contributed by atoms with E-state index in [1.54, 1.807) is 7.11 Å². The van der Waals surface area contributed by atoms with Gasteiger partial charge in [-0.1, -0.05) is 64.4 Å². The normalized spacial score (nSPS) is 18.2. The van der Waals surface area contributed by atoms with Crippen LogP contribution in [-0.4, -0.2) is 98.9 Å². The molecular formula is C39H59IN6O5Si2. The zero-order valence-corrected chi connectivity index (χ0v) is 37.1. The molecule has 1 aliphatic carbocycles. The Kier molecular flexibility index (Phi) is 14.5. The van der Waals surface area contributed by atoms with Crippen LogP contribution in [0.4, 0.5) is 5.82 Å². The molecule has 1 fully saturated rings. The maximum absolute atomic E-state index is 13.3. The standard InChI is InChI=1S/C39H59IN6O5Si2/c1-9-34(47)39(51-20-19-48-2)17-15-30(16-18-39)36-35(40)38(44(28-49-21-23-52(3,4)5)29-50-22-24-53(6,7)8)46-37(43-36)33(26-42-46)31-25-41-45(27-31)32-13-11-10-12-14-32/h10-14,25-27,30H,9,15-24,28-29H2,1-8H3. The van der Waals surface area contributed by atoms with E-state index in [2.05, 4.69) is 66.8 Å². The number of benzene rings is 1. The molecule has 0 saturated heterocycles. The fourth-order valence-electron chi connectivity index (χ4n) is 6.68. The molecule has 0 atom stereocenters. The lowest BCUT2D eigenvalue weighted by Gasteiger charge is -2.39. The van der Waals surface area contributed by atoms with Crippen LogP contribution in [0, 0.1) is 3.57 Å². The van der Waals surface area contributed by atoms with Crippen molar-refractivity contribution in [2.75, 3.05) is 51.9 Å². The van der Waals surface area contributed by atoms with Gasteiger partial charge >= 0.3 is 0 Å². The summed E-state index contributed by atoms with van der Waals surface area (Å²) >= 11 is 2.45. The van der Waals surface area contributed by atoms with Gasteiger partial charge in [0.2, 0.25) is 0 Å². The van der Waals surface area contributed by atoms with Crippen molar-refractivity contribution in [3.05, 3.63) is 58.2 Å². The number of anilines is 1. The van der Waals surface area contributed by atoms with Gasteiger partial charge in [-0.05, 0) is 72.5 Å². The van der Waals surface area contributed by atoms with Crippen molar-refractivity contribution < 1.29 is 23.7 Å². The van der Waals surface area contributed by atoms with Gasteiger partial charge in [0.1, 0.15) is 19.1 Å². The van der Waals surface area contributed by atoms with Crippen LogP contribution in [0.25, 0.3) is 22.5 Å². The molecule has 290 valence electrons. The second-order valence-electron chi connectivity index (χ2n) is 16.6. The van der Waals surface area contributed by atoms with E-state index in [9.17, 15) is 4.79 Å². The average molecular weight is 875 g/mol. The molecule has 5 rings (SSSR count). The molecule has 14 heteroatoms. The number of methoxy groups -OCH3 is 1. The monoisotopic (exact) mass is 874 g/mol. The summed E-state index contributed by atoms with van der Waals surface area (Å²) in [5.41, 5.74) is 3.80. The Balaban J connectivity index is 1.56. The molecule has 0 amide bonds. The van der Waals surface area contributed by atoms with Crippen LogP contribution in [-0.2, 0) is 23.7 Å². The number of halogens is 1. The number of Topliss-reactive ketones (excluding diaryl/α,β-unsaturated/α-hetero) is 1. The lowest BCUT2D eigenvalue weighted by atomic mass is 9.74. The minimum atomic E-state index is -1.29. The molecule has 0 aliphatic heterocycles. The lowest BCUT2D eigenvalue weighted by Crippen LogP contribution is -2.45. The van der Waals surface area contributed by atoms with Gasteiger partial charge in [-0.3, -0.25) is 4.79 Å². The molecule has 0 N–H and O–H groups in total. The summed E-state index contributed by atoms with van der Waals surface area (Å²) in [6, 6.07) is 12.3. The van der Waals surface area contributed by atoms with Crippen LogP contribution in [0.5, 0.6) is 0 Å². The van der Waals surface area contributed by atoms with Crippen LogP contribution >= 0.6 is 22.6 Å². The third kappa shape index (κ3) is 10.9. The Morgan fingerprint density at radius 3 is 2.15 bits per heavy atom. The van der Waals surface area contributed by atoms with E-state index in [-0.39, 0.29) is 11.7 Å². The molecule has 3 heterocycles. The zero-order chi connectivity index (χ0) is 38.2. The van der Waals surface area contributed by atoms with Crippen LogP contribution in [0.3, 0.4) is 0 Å². The summed E-state index contributed by atoms with van der Waals surface area (Å²) in [5, 5.41) is 9.67. The van der Waals surface area contributed by atoms with Crippen molar-refractivity contribution in [3.63, 3.8) is 0 Å². The molecule has 3 aromatic heterocycles. The Bertz CT molecular complexity index is 1760.